The number of benzene rings is 1. The van der Waals surface area contributed by atoms with Gasteiger partial charge in [0.2, 0.25) is 0 Å². The number of nitrogen functional groups attached to an aromatic ring is 1. The number of ether oxygens (including phenoxy) is 1. The maximum absolute atomic E-state index is 12.9. The fraction of sp³-hybridized carbons (Fsp3) is 0.400. The second-order valence-electron chi connectivity index (χ2n) is 3.24. The van der Waals surface area contributed by atoms with Gasteiger partial charge >= 0.3 is 0 Å². The predicted octanol–water partition coefficient (Wildman–Crippen LogP) is 1.55. The van der Waals surface area contributed by atoms with E-state index in [-0.39, 0.29) is 6.10 Å². The lowest BCUT2D eigenvalue weighted by atomic mass is 10.3. The third-order valence-electron chi connectivity index (χ3n) is 2.01. The maximum Gasteiger partial charge on any atom is 0.124 e. The average Bonchev–Trinajstić information content (AvgIpc) is 2.21. The van der Waals surface area contributed by atoms with Gasteiger partial charge in [0.05, 0.1) is 27.6 Å². The summed E-state index contributed by atoms with van der Waals surface area (Å²) >= 11 is 0. The molecule has 3 nitrogen and oxygen atoms in total. The molecule has 0 radical (unpaired) electrons. The molecule has 0 bridgehead atoms. The van der Waals surface area contributed by atoms with Gasteiger partial charge in [0.1, 0.15) is 5.82 Å². The summed E-state index contributed by atoms with van der Waals surface area (Å²) in [7, 11) is 0.213. The molecule has 15 heavy (non-hydrogen) atoms. The van der Waals surface area contributed by atoms with E-state index in [1.807, 2.05) is 0 Å². The zero-order valence-corrected chi connectivity index (χ0v) is 9.51. The number of rotatable bonds is 4. The fourth-order valence-corrected chi connectivity index (χ4v) is 2.39. The highest BCUT2D eigenvalue weighted by Gasteiger charge is 2.12. The van der Waals surface area contributed by atoms with Crippen LogP contribution in [0.3, 0.4) is 0 Å². The van der Waals surface area contributed by atoms with Crippen LogP contribution in [0.25, 0.3) is 0 Å². The van der Waals surface area contributed by atoms with Crippen molar-refractivity contribution in [3.05, 3.63) is 24.0 Å². The van der Waals surface area contributed by atoms with Crippen molar-refractivity contribution in [2.24, 2.45) is 0 Å². The molecule has 0 fully saturated rings. The van der Waals surface area contributed by atoms with Crippen LogP contribution in [0.1, 0.15) is 6.92 Å². The molecule has 0 aliphatic carbocycles. The molecule has 0 saturated heterocycles. The minimum atomic E-state index is -1.33. The smallest absolute Gasteiger partial charge is 0.124 e. The first-order valence-corrected chi connectivity index (χ1v) is 5.82. The molecule has 0 spiro atoms. The first-order valence-electron chi connectivity index (χ1n) is 4.50. The Hall–Kier alpha value is -0.940. The highest BCUT2D eigenvalue weighted by atomic mass is 32.2. The standard InChI is InChI=1S/C10H14FNO2S/c1-7(14-2)6-15(13)10-5-8(11)3-4-9(10)12/h3-5,7H,6,12H2,1-2H3. The molecule has 0 amide bonds. The number of hydrogen-bond donors (Lipinski definition) is 1. The second kappa shape index (κ2) is 5.23. The predicted molar refractivity (Wildman–Crippen MR) is 58.6 cm³/mol. The number of halogens is 1. The highest BCUT2D eigenvalue weighted by molar-refractivity contribution is 7.85. The van der Waals surface area contributed by atoms with Gasteiger partial charge in [-0.15, -0.1) is 0 Å². The molecule has 0 aromatic heterocycles. The van der Waals surface area contributed by atoms with E-state index in [4.69, 9.17) is 10.5 Å². The Kier molecular flexibility index (Phi) is 4.23. The molecule has 0 saturated carbocycles. The summed E-state index contributed by atoms with van der Waals surface area (Å²) in [5.41, 5.74) is 5.95. The van der Waals surface area contributed by atoms with Gasteiger partial charge in [-0.1, -0.05) is 0 Å². The van der Waals surface area contributed by atoms with E-state index in [2.05, 4.69) is 0 Å². The van der Waals surface area contributed by atoms with Crippen LogP contribution in [0.5, 0.6) is 0 Å². The van der Waals surface area contributed by atoms with Gasteiger partial charge in [-0.25, -0.2) is 4.39 Å². The Labute approximate surface area is 90.9 Å². The van der Waals surface area contributed by atoms with Gasteiger partial charge in [-0.3, -0.25) is 4.21 Å². The molecule has 0 aliphatic rings. The number of anilines is 1. The second-order valence-corrected chi connectivity index (χ2v) is 4.70. The molecule has 84 valence electrons. The Morgan fingerprint density at radius 3 is 2.87 bits per heavy atom. The lowest BCUT2D eigenvalue weighted by molar-refractivity contribution is 0.137. The van der Waals surface area contributed by atoms with Crippen LogP contribution >= 0.6 is 0 Å². The van der Waals surface area contributed by atoms with Gasteiger partial charge in [-0.05, 0) is 25.1 Å². The molecule has 1 rings (SSSR count). The van der Waals surface area contributed by atoms with E-state index in [0.29, 0.717) is 16.3 Å². The first-order chi connectivity index (χ1) is 7.04. The zero-order valence-electron chi connectivity index (χ0n) is 8.70. The van der Waals surface area contributed by atoms with Crippen molar-refractivity contribution in [2.75, 3.05) is 18.6 Å². The van der Waals surface area contributed by atoms with Crippen molar-refractivity contribution in [3.8, 4) is 0 Å². The van der Waals surface area contributed by atoms with E-state index in [1.165, 1.54) is 25.3 Å². The number of methoxy groups -OCH3 is 1. The summed E-state index contributed by atoms with van der Waals surface area (Å²) < 4.78 is 29.7. The molecule has 0 aliphatic heterocycles. The summed E-state index contributed by atoms with van der Waals surface area (Å²) in [5.74, 6) is -0.123. The molecule has 2 unspecified atom stereocenters. The molecular weight excluding hydrogens is 217 g/mol. The monoisotopic (exact) mass is 231 g/mol. The van der Waals surface area contributed by atoms with Gasteiger partial charge in [0.25, 0.3) is 0 Å². The largest absolute Gasteiger partial charge is 0.398 e. The summed E-state index contributed by atoms with van der Waals surface area (Å²) in [4.78, 5) is 0.332. The van der Waals surface area contributed by atoms with E-state index in [0.717, 1.165) is 0 Å². The average molecular weight is 231 g/mol. The normalized spacial score (nSPS) is 14.9. The van der Waals surface area contributed by atoms with Crippen molar-refractivity contribution >= 4 is 16.5 Å². The van der Waals surface area contributed by atoms with Crippen LogP contribution in [-0.2, 0) is 15.5 Å². The molecule has 1 aromatic carbocycles. The van der Waals surface area contributed by atoms with Crippen LogP contribution in [-0.4, -0.2) is 23.2 Å². The maximum atomic E-state index is 12.9. The third kappa shape index (κ3) is 3.28. The van der Waals surface area contributed by atoms with E-state index in [9.17, 15) is 8.60 Å². The molecule has 1 aromatic rings. The highest BCUT2D eigenvalue weighted by Crippen LogP contribution is 2.18. The number of hydrogen-bond acceptors (Lipinski definition) is 3. The Morgan fingerprint density at radius 1 is 1.60 bits per heavy atom. The van der Waals surface area contributed by atoms with Crippen molar-refractivity contribution in [2.45, 2.75) is 17.9 Å². The van der Waals surface area contributed by atoms with Gasteiger partial charge in [0.15, 0.2) is 0 Å². The van der Waals surface area contributed by atoms with Crippen molar-refractivity contribution in [1.82, 2.24) is 0 Å². The van der Waals surface area contributed by atoms with E-state index >= 15 is 0 Å². The van der Waals surface area contributed by atoms with Crippen LogP contribution in [0.2, 0.25) is 0 Å². The molecular formula is C10H14FNO2S. The zero-order chi connectivity index (χ0) is 11.4. The summed E-state index contributed by atoms with van der Waals surface area (Å²) in [6.45, 7) is 1.80. The van der Waals surface area contributed by atoms with Crippen molar-refractivity contribution in [3.63, 3.8) is 0 Å². The summed E-state index contributed by atoms with van der Waals surface area (Å²) in [5, 5.41) is 0. The summed E-state index contributed by atoms with van der Waals surface area (Å²) in [6, 6.07) is 3.86. The van der Waals surface area contributed by atoms with Crippen LogP contribution in [0, 0.1) is 5.82 Å². The SMILES string of the molecule is COC(C)CS(=O)c1cc(F)ccc1N. The molecule has 2 atom stereocenters. The topological polar surface area (TPSA) is 52.3 Å². The molecule has 0 heterocycles. The first kappa shape index (κ1) is 12.1. The lowest BCUT2D eigenvalue weighted by Crippen LogP contribution is -2.16. The third-order valence-corrected chi connectivity index (χ3v) is 3.63. The van der Waals surface area contributed by atoms with Crippen LogP contribution in [0.15, 0.2) is 23.1 Å². The van der Waals surface area contributed by atoms with Crippen LogP contribution in [0.4, 0.5) is 10.1 Å². The fourth-order valence-electron chi connectivity index (χ4n) is 1.08. The molecule has 2 N–H and O–H groups in total. The van der Waals surface area contributed by atoms with Crippen LogP contribution < -0.4 is 5.73 Å². The molecule has 5 heteroatoms. The minimum absolute atomic E-state index is 0.145. The van der Waals surface area contributed by atoms with E-state index in [1.54, 1.807) is 6.92 Å². The van der Waals surface area contributed by atoms with Gasteiger partial charge in [-0.2, -0.15) is 0 Å². The Morgan fingerprint density at radius 2 is 2.27 bits per heavy atom. The van der Waals surface area contributed by atoms with Gasteiger partial charge < -0.3 is 10.5 Å². The summed E-state index contributed by atoms with van der Waals surface area (Å²) in [6.07, 6.45) is -0.145. The number of nitrogens with two attached hydrogens (primary N) is 1. The minimum Gasteiger partial charge on any atom is -0.398 e. The lowest BCUT2D eigenvalue weighted by Gasteiger charge is -2.10. The van der Waals surface area contributed by atoms with E-state index < -0.39 is 16.6 Å². The van der Waals surface area contributed by atoms with Crippen molar-refractivity contribution < 1.29 is 13.3 Å². The quantitative estimate of drug-likeness (QED) is 0.800. The van der Waals surface area contributed by atoms with Gasteiger partial charge in [0, 0.05) is 12.8 Å². The Bertz CT molecular complexity index is 370. The van der Waals surface area contributed by atoms with Crippen molar-refractivity contribution in [1.29, 1.82) is 0 Å². The Balaban J connectivity index is 2.86.